The lowest BCUT2D eigenvalue weighted by Crippen LogP contribution is -2.36. The zero-order valence-electron chi connectivity index (χ0n) is 10.9. The summed E-state index contributed by atoms with van der Waals surface area (Å²) < 4.78 is 0. The average molecular weight is 244 g/mol. The first-order chi connectivity index (χ1) is 8.70. The lowest BCUT2D eigenvalue weighted by Gasteiger charge is -2.19. The molecule has 18 heavy (non-hydrogen) atoms. The number of benzene rings is 1. The standard InChI is InChI=1S/C15H20N2O/c1-11(2)15(10-18)16-9-13-8-7-12-5-3-4-6-14(12)17-13/h3-8,11,15-16,18H,9-10H2,1-2H3/t15-/m1/s1. The van der Waals surface area contributed by atoms with Gasteiger partial charge in [0.05, 0.1) is 17.8 Å². The van der Waals surface area contributed by atoms with Crippen molar-refractivity contribution in [3.63, 3.8) is 0 Å². The molecule has 0 aliphatic heterocycles. The molecule has 1 heterocycles. The van der Waals surface area contributed by atoms with Crippen molar-refractivity contribution in [3.8, 4) is 0 Å². The number of hydrogen-bond acceptors (Lipinski definition) is 3. The van der Waals surface area contributed by atoms with Gasteiger partial charge in [0.2, 0.25) is 0 Å². The van der Waals surface area contributed by atoms with Gasteiger partial charge in [0, 0.05) is 18.0 Å². The molecule has 96 valence electrons. The molecule has 0 spiro atoms. The van der Waals surface area contributed by atoms with Gasteiger partial charge in [-0.1, -0.05) is 38.1 Å². The lowest BCUT2D eigenvalue weighted by atomic mass is 10.1. The van der Waals surface area contributed by atoms with Crippen LogP contribution in [-0.4, -0.2) is 22.7 Å². The van der Waals surface area contributed by atoms with Crippen molar-refractivity contribution in [2.24, 2.45) is 5.92 Å². The molecule has 3 heteroatoms. The number of para-hydroxylation sites is 1. The monoisotopic (exact) mass is 244 g/mol. The molecule has 2 N–H and O–H groups in total. The van der Waals surface area contributed by atoms with Gasteiger partial charge in [0.25, 0.3) is 0 Å². The van der Waals surface area contributed by atoms with E-state index in [0.29, 0.717) is 12.5 Å². The SMILES string of the molecule is CC(C)[C@@H](CO)NCc1ccc2ccccc2n1. The predicted molar refractivity (Wildman–Crippen MR) is 74.3 cm³/mol. The fourth-order valence-corrected chi connectivity index (χ4v) is 1.95. The first-order valence-electron chi connectivity index (χ1n) is 6.39. The van der Waals surface area contributed by atoms with Crippen LogP contribution in [0.1, 0.15) is 19.5 Å². The maximum Gasteiger partial charge on any atom is 0.0705 e. The Hall–Kier alpha value is -1.45. The number of hydrogen-bond donors (Lipinski definition) is 2. The number of aromatic nitrogens is 1. The van der Waals surface area contributed by atoms with Crippen LogP contribution in [0.3, 0.4) is 0 Å². The number of nitrogens with zero attached hydrogens (tertiary/aromatic N) is 1. The quantitative estimate of drug-likeness (QED) is 0.848. The third-order valence-corrected chi connectivity index (χ3v) is 3.20. The van der Waals surface area contributed by atoms with Gasteiger partial charge in [-0.05, 0) is 18.1 Å². The van der Waals surface area contributed by atoms with Crippen molar-refractivity contribution in [2.45, 2.75) is 26.4 Å². The molecule has 1 aromatic carbocycles. The van der Waals surface area contributed by atoms with E-state index in [4.69, 9.17) is 0 Å². The molecular weight excluding hydrogens is 224 g/mol. The van der Waals surface area contributed by atoms with Crippen molar-refractivity contribution < 1.29 is 5.11 Å². The van der Waals surface area contributed by atoms with E-state index in [1.165, 1.54) is 0 Å². The second-order valence-electron chi connectivity index (χ2n) is 4.91. The summed E-state index contributed by atoms with van der Waals surface area (Å²) in [6.45, 7) is 5.04. The van der Waals surface area contributed by atoms with Crippen LogP contribution in [0.25, 0.3) is 10.9 Å². The molecule has 0 bridgehead atoms. The fourth-order valence-electron chi connectivity index (χ4n) is 1.95. The first-order valence-corrected chi connectivity index (χ1v) is 6.39. The highest BCUT2D eigenvalue weighted by atomic mass is 16.3. The summed E-state index contributed by atoms with van der Waals surface area (Å²) in [4.78, 5) is 4.60. The number of nitrogens with one attached hydrogen (secondary N) is 1. The summed E-state index contributed by atoms with van der Waals surface area (Å²) in [6.07, 6.45) is 0. The van der Waals surface area contributed by atoms with Gasteiger partial charge in [-0.3, -0.25) is 4.98 Å². The zero-order valence-corrected chi connectivity index (χ0v) is 10.9. The molecule has 0 unspecified atom stereocenters. The Bertz CT molecular complexity index is 511. The minimum Gasteiger partial charge on any atom is -0.395 e. The van der Waals surface area contributed by atoms with E-state index < -0.39 is 0 Å². The Labute approximate surface area is 108 Å². The molecule has 0 saturated carbocycles. The number of aliphatic hydroxyl groups excluding tert-OH is 1. The van der Waals surface area contributed by atoms with Crippen molar-refractivity contribution >= 4 is 10.9 Å². The van der Waals surface area contributed by atoms with Crippen molar-refractivity contribution in [3.05, 3.63) is 42.1 Å². The summed E-state index contributed by atoms with van der Waals surface area (Å²) in [5.41, 5.74) is 2.02. The van der Waals surface area contributed by atoms with E-state index >= 15 is 0 Å². The highest BCUT2D eigenvalue weighted by Crippen LogP contribution is 2.12. The number of pyridine rings is 1. The molecule has 0 amide bonds. The van der Waals surface area contributed by atoms with Gasteiger partial charge in [0.1, 0.15) is 0 Å². The van der Waals surface area contributed by atoms with E-state index in [9.17, 15) is 5.11 Å². The third-order valence-electron chi connectivity index (χ3n) is 3.20. The lowest BCUT2D eigenvalue weighted by molar-refractivity contribution is 0.209. The van der Waals surface area contributed by atoms with Gasteiger partial charge in [-0.25, -0.2) is 0 Å². The number of rotatable bonds is 5. The second kappa shape index (κ2) is 5.94. The van der Waals surface area contributed by atoms with Crippen LogP contribution in [0.15, 0.2) is 36.4 Å². The minimum absolute atomic E-state index is 0.123. The second-order valence-corrected chi connectivity index (χ2v) is 4.91. The maximum absolute atomic E-state index is 9.26. The molecule has 2 rings (SSSR count). The Morgan fingerprint density at radius 2 is 1.94 bits per heavy atom. The number of aliphatic hydroxyl groups is 1. The average Bonchev–Trinajstić information content (AvgIpc) is 2.39. The van der Waals surface area contributed by atoms with E-state index in [2.05, 4.69) is 36.3 Å². The van der Waals surface area contributed by atoms with Crippen LogP contribution in [-0.2, 0) is 6.54 Å². The molecule has 0 aliphatic carbocycles. The smallest absolute Gasteiger partial charge is 0.0705 e. The molecule has 0 aliphatic rings. The molecule has 1 aromatic heterocycles. The van der Waals surface area contributed by atoms with Crippen LogP contribution >= 0.6 is 0 Å². The number of fused-ring (bicyclic) bond motifs is 1. The van der Waals surface area contributed by atoms with Gasteiger partial charge in [0.15, 0.2) is 0 Å². The van der Waals surface area contributed by atoms with Crippen LogP contribution in [0, 0.1) is 5.92 Å². The van der Waals surface area contributed by atoms with E-state index in [1.54, 1.807) is 0 Å². The predicted octanol–water partition coefficient (Wildman–Crippen LogP) is 2.34. The summed E-state index contributed by atoms with van der Waals surface area (Å²) in [5, 5.41) is 13.8. The molecule has 0 fully saturated rings. The molecule has 3 nitrogen and oxygen atoms in total. The topological polar surface area (TPSA) is 45.1 Å². The van der Waals surface area contributed by atoms with Crippen molar-refractivity contribution in [1.82, 2.24) is 10.3 Å². The highest BCUT2D eigenvalue weighted by molar-refractivity contribution is 5.78. The molecule has 1 atom stereocenters. The van der Waals surface area contributed by atoms with E-state index in [-0.39, 0.29) is 12.6 Å². The van der Waals surface area contributed by atoms with E-state index in [1.807, 2.05) is 24.3 Å². The van der Waals surface area contributed by atoms with E-state index in [0.717, 1.165) is 16.6 Å². The summed E-state index contributed by atoms with van der Waals surface area (Å²) in [6, 6.07) is 12.3. The first kappa shape index (κ1) is 13.0. The fraction of sp³-hybridized carbons (Fsp3) is 0.400. The minimum atomic E-state index is 0.123. The van der Waals surface area contributed by atoms with Crippen LogP contribution < -0.4 is 5.32 Å². The van der Waals surface area contributed by atoms with Crippen LogP contribution in [0.2, 0.25) is 0 Å². The normalized spacial score (nSPS) is 13.1. The Morgan fingerprint density at radius 3 is 2.67 bits per heavy atom. The summed E-state index contributed by atoms with van der Waals surface area (Å²) in [7, 11) is 0. The van der Waals surface area contributed by atoms with Crippen molar-refractivity contribution in [2.75, 3.05) is 6.61 Å². The van der Waals surface area contributed by atoms with Gasteiger partial charge in [-0.15, -0.1) is 0 Å². The van der Waals surface area contributed by atoms with Gasteiger partial charge < -0.3 is 10.4 Å². The van der Waals surface area contributed by atoms with Crippen LogP contribution in [0.5, 0.6) is 0 Å². The molecule has 0 radical (unpaired) electrons. The Kier molecular flexibility index (Phi) is 4.28. The largest absolute Gasteiger partial charge is 0.395 e. The summed E-state index contributed by atoms with van der Waals surface area (Å²) in [5.74, 6) is 0.412. The van der Waals surface area contributed by atoms with Crippen LogP contribution in [0.4, 0.5) is 0 Å². The van der Waals surface area contributed by atoms with Gasteiger partial charge in [-0.2, -0.15) is 0 Å². The Morgan fingerprint density at radius 1 is 1.17 bits per heavy atom. The van der Waals surface area contributed by atoms with Crippen molar-refractivity contribution in [1.29, 1.82) is 0 Å². The molecule has 0 saturated heterocycles. The third kappa shape index (κ3) is 3.06. The Balaban J connectivity index is 2.07. The maximum atomic E-state index is 9.26. The summed E-state index contributed by atoms with van der Waals surface area (Å²) >= 11 is 0. The highest BCUT2D eigenvalue weighted by Gasteiger charge is 2.11. The molecular formula is C15H20N2O. The zero-order chi connectivity index (χ0) is 13.0. The van der Waals surface area contributed by atoms with Gasteiger partial charge >= 0.3 is 0 Å². The molecule has 2 aromatic rings.